The lowest BCUT2D eigenvalue weighted by Crippen LogP contribution is -2.52. The Labute approximate surface area is 130 Å². The van der Waals surface area contributed by atoms with Gasteiger partial charge in [0, 0.05) is 6.54 Å². The molecule has 11 heteroatoms. The van der Waals surface area contributed by atoms with Crippen molar-refractivity contribution in [2.75, 3.05) is 19.6 Å². The van der Waals surface area contributed by atoms with Crippen LogP contribution >= 0.6 is 0 Å². The lowest BCUT2D eigenvalue weighted by Gasteiger charge is -2.38. The van der Waals surface area contributed by atoms with E-state index in [2.05, 4.69) is 31.0 Å². The number of nitrogens with zero attached hydrogens (tertiary/aromatic N) is 6. The lowest BCUT2D eigenvalue weighted by atomic mass is 9.92. The highest BCUT2D eigenvalue weighted by molar-refractivity contribution is 5.97. The molecule has 0 saturated carbocycles. The van der Waals surface area contributed by atoms with Crippen molar-refractivity contribution in [3.8, 4) is 5.82 Å². The third-order valence-corrected chi connectivity index (χ3v) is 4.12. The predicted molar refractivity (Wildman–Crippen MR) is 73.7 cm³/mol. The number of hydrogen-bond donors (Lipinski definition) is 2. The Morgan fingerprint density at radius 2 is 2.35 bits per heavy atom. The van der Waals surface area contributed by atoms with E-state index in [1.54, 1.807) is 4.90 Å². The number of carbonyl (C=O) groups excluding carboxylic acids is 2. The largest absolute Gasteiger partial charge is 0.439 e. The van der Waals surface area contributed by atoms with Gasteiger partial charge in [-0.25, -0.2) is 4.79 Å². The van der Waals surface area contributed by atoms with Gasteiger partial charge in [0.15, 0.2) is 5.82 Å². The maximum atomic E-state index is 12.8. The van der Waals surface area contributed by atoms with Crippen LogP contribution in [0.15, 0.2) is 12.5 Å². The molecule has 2 aliphatic heterocycles. The van der Waals surface area contributed by atoms with Gasteiger partial charge < -0.3 is 15.0 Å². The minimum Gasteiger partial charge on any atom is -0.439 e. The summed E-state index contributed by atoms with van der Waals surface area (Å²) >= 11 is 0. The number of aromatic nitrogens is 6. The third kappa shape index (κ3) is 2.29. The van der Waals surface area contributed by atoms with Crippen LogP contribution in [0.25, 0.3) is 5.82 Å². The van der Waals surface area contributed by atoms with Crippen LogP contribution in [0.1, 0.15) is 23.2 Å². The maximum Gasteiger partial charge on any atom is 0.407 e. The van der Waals surface area contributed by atoms with Gasteiger partial charge in [0.2, 0.25) is 0 Å². The smallest absolute Gasteiger partial charge is 0.407 e. The van der Waals surface area contributed by atoms with Crippen LogP contribution in [-0.2, 0) is 4.74 Å². The highest BCUT2D eigenvalue weighted by Crippen LogP contribution is 2.29. The predicted octanol–water partition coefficient (Wildman–Crippen LogP) is -0.900. The van der Waals surface area contributed by atoms with Gasteiger partial charge in [-0.3, -0.25) is 9.89 Å². The van der Waals surface area contributed by atoms with Gasteiger partial charge in [-0.1, -0.05) is 0 Å². The van der Waals surface area contributed by atoms with E-state index in [0.717, 1.165) is 12.8 Å². The fourth-order valence-electron chi connectivity index (χ4n) is 3.05. The molecular formula is C12H14N8O3. The van der Waals surface area contributed by atoms with E-state index in [1.165, 1.54) is 17.2 Å². The molecule has 1 atom stereocenters. The molecule has 2 aliphatic rings. The zero-order chi connectivity index (χ0) is 15.9. The number of aromatic amines is 1. The van der Waals surface area contributed by atoms with Crippen LogP contribution in [-0.4, -0.2) is 72.5 Å². The molecule has 2 N–H and O–H groups in total. The lowest BCUT2D eigenvalue weighted by molar-refractivity contribution is -0.00504. The number of nitrogens with one attached hydrogen (secondary N) is 2. The molecule has 1 unspecified atom stereocenters. The molecule has 4 rings (SSSR count). The van der Waals surface area contributed by atoms with E-state index in [9.17, 15) is 9.59 Å². The van der Waals surface area contributed by atoms with Gasteiger partial charge in [-0.15, -0.1) is 5.10 Å². The summed E-state index contributed by atoms with van der Waals surface area (Å²) in [6.07, 6.45) is 3.89. The number of hydrogen-bond acceptors (Lipinski definition) is 7. The summed E-state index contributed by atoms with van der Waals surface area (Å²) in [4.78, 5) is 25.8. The van der Waals surface area contributed by atoms with Gasteiger partial charge in [0.05, 0.1) is 19.3 Å². The summed E-state index contributed by atoms with van der Waals surface area (Å²) in [5, 5.41) is 20.2. The number of amides is 2. The first-order valence-corrected chi connectivity index (χ1v) is 7.20. The fraction of sp³-hybridized carbons (Fsp3) is 0.500. The summed E-state index contributed by atoms with van der Waals surface area (Å²) in [5.41, 5.74) is -0.268. The molecular weight excluding hydrogens is 304 g/mol. The highest BCUT2D eigenvalue weighted by Gasteiger charge is 2.45. The van der Waals surface area contributed by atoms with E-state index < -0.39 is 11.7 Å². The number of rotatable bonds is 2. The summed E-state index contributed by atoms with van der Waals surface area (Å²) in [5.74, 6) is 0.201. The molecule has 1 spiro atoms. The maximum absolute atomic E-state index is 12.8. The highest BCUT2D eigenvalue weighted by atomic mass is 16.6. The van der Waals surface area contributed by atoms with E-state index in [4.69, 9.17) is 4.74 Å². The Morgan fingerprint density at radius 3 is 3.09 bits per heavy atom. The van der Waals surface area contributed by atoms with E-state index in [0.29, 0.717) is 31.0 Å². The SMILES string of the molecule is O=C1NCC2(CCCN(C(=O)c3cn[nH]c3-n3cnnn3)C2)O1. The van der Waals surface area contributed by atoms with Crippen LogP contribution in [0.2, 0.25) is 0 Å². The van der Waals surface area contributed by atoms with Crippen LogP contribution in [0.4, 0.5) is 4.79 Å². The molecule has 2 saturated heterocycles. The fourth-order valence-corrected chi connectivity index (χ4v) is 3.05. The first kappa shape index (κ1) is 13.7. The standard InChI is InChI=1S/C12H14N8O3/c21-10(8-4-14-16-9(8)20-7-15-17-18-20)19-3-1-2-12(6-19)5-13-11(22)23-12/h4,7H,1-3,5-6H2,(H,13,22)(H,14,16). The number of H-pyrrole nitrogens is 1. The van der Waals surface area contributed by atoms with Gasteiger partial charge in [-0.2, -0.15) is 9.78 Å². The molecule has 120 valence electrons. The Kier molecular flexibility index (Phi) is 2.99. The second kappa shape index (κ2) is 5.04. The molecule has 2 aromatic heterocycles. The Hall–Kier alpha value is -2.98. The molecule has 0 bridgehead atoms. The van der Waals surface area contributed by atoms with E-state index >= 15 is 0 Å². The zero-order valence-corrected chi connectivity index (χ0v) is 12.1. The van der Waals surface area contributed by atoms with Crippen molar-refractivity contribution in [3.05, 3.63) is 18.1 Å². The van der Waals surface area contributed by atoms with Crippen LogP contribution < -0.4 is 5.32 Å². The van der Waals surface area contributed by atoms with E-state index in [1.807, 2.05) is 0 Å². The second-order valence-electron chi connectivity index (χ2n) is 5.64. The molecule has 11 nitrogen and oxygen atoms in total. The molecule has 2 aromatic rings. The summed E-state index contributed by atoms with van der Waals surface area (Å²) < 4.78 is 6.73. The number of piperidine rings is 1. The number of likely N-dealkylation sites (tertiary alicyclic amines) is 1. The minimum atomic E-state index is -0.635. The van der Waals surface area contributed by atoms with Gasteiger partial charge in [-0.05, 0) is 23.3 Å². The first-order chi connectivity index (χ1) is 11.2. The number of ether oxygens (including phenoxy) is 1. The molecule has 2 amide bonds. The summed E-state index contributed by atoms with van der Waals surface area (Å²) in [6, 6.07) is 0. The number of tetrazole rings is 1. The topological polar surface area (TPSA) is 131 Å². The van der Waals surface area contributed by atoms with Crippen LogP contribution in [0, 0.1) is 0 Å². The molecule has 4 heterocycles. The molecule has 0 radical (unpaired) electrons. The Morgan fingerprint density at radius 1 is 1.43 bits per heavy atom. The third-order valence-electron chi connectivity index (χ3n) is 4.12. The second-order valence-corrected chi connectivity index (χ2v) is 5.64. The quantitative estimate of drug-likeness (QED) is 0.733. The Balaban J connectivity index is 1.58. The van der Waals surface area contributed by atoms with Crippen LogP contribution in [0.3, 0.4) is 0 Å². The van der Waals surface area contributed by atoms with Crippen molar-refractivity contribution in [2.24, 2.45) is 0 Å². The van der Waals surface area contributed by atoms with Gasteiger partial charge in [0.25, 0.3) is 5.91 Å². The normalized spacial score (nSPS) is 23.8. The van der Waals surface area contributed by atoms with Crippen molar-refractivity contribution in [2.45, 2.75) is 18.4 Å². The van der Waals surface area contributed by atoms with Crippen molar-refractivity contribution in [3.63, 3.8) is 0 Å². The average Bonchev–Trinajstić information content (AvgIpc) is 3.27. The zero-order valence-electron chi connectivity index (χ0n) is 12.1. The average molecular weight is 318 g/mol. The first-order valence-electron chi connectivity index (χ1n) is 7.20. The van der Waals surface area contributed by atoms with E-state index in [-0.39, 0.29) is 5.91 Å². The monoisotopic (exact) mass is 318 g/mol. The van der Waals surface area contributed by atoms with Gasteiger partial charge >= 0.3 is 6.09 Å². The molecule has 2 fully saturated rings. The van der Waals surface area contributed by atoms with Gasteiger partial charge in [0.1, 0.15) is 17.5 Å². The summed E-state index contributed by atoms with van der Waals surface area (Å²) in [7, 11) is 0. The minimum absolute atomic E-state index is 0.203. The van der Waals surface area contributed by atoms with Crippen LogP contribution in [0.5, 0.6) is 0 Å². The van der Waals surface area contributed by atoms with Crippen molar-refractivity contribution >= 4 is 12.0 Å². The van der Waals surface area contributed by atoms with Crippen molar-refractivity contribution in [1.82, 2.24) is 40.6 Å². The molecule has 0 aromatic carbocycles. The summed E-state index contributed by atoms with van der Waals surface area (Å²) in [6.45, 7) is 1.37. The Bertz CT molecular complexity index is 741. The van der Waals surface area contributed by atoms with Crippen molar-refractivity contribution < 1.29 is 14.3 Å². The number of alkyl carbamates (subject to hydrolysis) is 1. The molecule has 23 heavy (non-hydrogen) atoms. The molecule has 0 aliphatic carbocycles. The van der Waals surface area contributed by atoms with Crippen molar-refractivity contribution in [1.29, 1.82) is 0 Å². The number of carbonyl (C=O) groups is 2.